The van der Waals surface area contributed by atoms with Gasteiger partial charge in [0.25, 0.3) is 0 Å². The number of carbonyl (C=O) groups excluding carboxylic acids is 2. The standard InChI is InChI=1S/C16H23N3O2S/c1-3-18(4-2)16(21)14-11-22-12-19(14)15(20)6-5-13-7-9-17-10-8-13/h7-10,14H,3-6,11-12H2,1-2H3. The summed E-state index contributed by atoms with van der Waals surface area (Å²) in [6.07, 6.45) is 4.59. The molecule has 1 unspecified atom stereocenters. The van der Waals surface area contributed by atoms with E-state index < -0.39 is 0 Å². The highest BCUT2D eigenvalue weighted by Gasteiger charge is 2.35. The first-order valence-corrected chi connectivity index (χ1v) is 8.87. The summed E-state index contributed by atoms with van der Waals surface area (Å²) >= 11 is 1.65. The molecule has 5 nitrogen and oxygen atoms in total. The highest BCUT2D eigenvalue weighted by atomic mass is 32.2. The smallest absolute Gasteiger partial charge is 0.246 e. The van der Waals surface area contributed by atoms with Crippen LogP contribution in [-0.4, -0.2) is 57.4 Å². The molecular formula is C16H23N3O2S. The van der Waals surface area contributed by atoms with E-state index in [2.05, 4.69) is 4.98 Å². The first kappa shape index (κ1) is 16.8. The van der Waals surface area contributed by atoms with Gasteiger partial charge in [0, 0.05) is 37.7 Å². The fourth-order valence-electron chi connectivity index (χ4n) is 2.58. The van der Waals surface area contributed by atoms with Crippen molar-refractivity contribution in [3.8, 4) is 0 Å². The van der Waals surface area contributed by atoms with Gasteiger partial charge in [-0.15, -0.1) is 11.8 Å². The second-order valence-corrected chi connectivity index (χ2v) is 6.24. The van der Waals surface area contributed by atoms with E-state index in [4.69, 9.17) is 0 Å². The number of pyridine rings is 1. The highest BCUT2D eigenvalue weighted by molar-refractivity contribution is 7.99. The van der Waals surface area contributed by atoms with E-state index in [0.29, 0.717) is 37.6 Å². The molecular weight excluding hydrogens is 298 g/mol. The maximum atomic E-state index is 12.5. The van der Waals surface area contributed by atoms with Gasteiger partial charge in [-0.25, -0.2) is 0 Å². The van der Waals surface area contributed by atoms with Gasteiger partial charge < -0.3 is 9.80 Å². The van der Waals surface area contributed by atoms with E-state index in [1.807, 2.05) is 26.0 Å². The quantitative estimate of drug-likeness (QED) is 0.801. The molecule has 120 valence electrons. The third-order valence-corrected chi connectivity index (χ3v) is 4.95. The van der Waals surface area contributed by atoms with E-state index in [0.717, 1.165) is 5.56 Å². The first-order valence-electron chi connectivity index (χ1n) is 7.72. The monoisotopic (exact) mass is 321 g/mol. The van der Waals surface area contributed by atoms with Gasteiger partial charge in [0.15, 0.2) is 0 Å². The first-order chi connectivity index (χ1) is 10.7. The number of nitrogens with zero attached hydrogens (tertiary/aromatic N) is 3. The number of thioether (sulfide) groups is 1. The number of aryl methyl sites for hydroxylation is 1. The molecule has 22 heavy (non-hydrogen) atoms. The van der Waals surface area contributed by atoms with Gasteiger partial charge in [-0.3, -0.25) is 14.6 Å². The molecule has 0 radical (unpaired) electrons. The van der Waals surface area contributed by atoms with Crippen LogP contribution >= 0.6 is 11.8 Å². The normalized spacial score (nSPS) is 17.5. The van der Waals surface area contributed by atoms with Crippen molar-refractivity contribution in [2.45, 2.75) is 32.7 Å². The Hall–Kier alpha value is -1.56. The number of hydrogen-bond donors (Lipinski definition) is 0. The Kier molecular flexibility index (Phi) is 6.24. The van der Waals surface area contributed by atoms with Crippen LogP contribution in [0.2, 0.25) is 0 Å². The summed E-state index contributed by atoms with van der Waals surface area (Å²) in [5.41, 5.74) is 1.10. The molecule has 1 aliphatic rings. The Morgan fingerprint density at radius 1 is 1.32 bits per heavy atom. The van der Waals surface area contributed by atoms with Crippen LogP contribution in [0.15, 0.2) is 24.5 Å². The molecule has 1 saturated heterocycles. The average molecular weight is 321 g/mol. The molecule has 1 aromatic rings. The molecule has 0 saturated carbocycles. The fourth-order valence-corrected chi connectivity index (χ4v) is 3.76. The topological polar surface area (TPSA) is 53.5 Å². The molecule has 0 aromatic carbocycles. The van der Waals surface area contributed by atoms with Crippen molar-refractivity contribution >= 4 is 23.6 Å². The van der Waals surface area contributed by atoms with Crippen LogP contribution in [0.3, 0.4) is 0 Å². The van der Waals surface area contributed by atoms with Crippen LogP contribution in [0.25, 0.3) is 0 Å². The third kappa shape index (κ3) is 4.00. The minimum atomic E-state index is -0.296. The fraction of sp³-hybridized carbons (Fsp3) is 0.562. The van der Waals surface area contributed by atoms with Crippen molar-refractivity contribution in [1.82, 2.24) is 14.8 Å². The van der Waals surface area contributed by atoms with Gasteiger partial charge in [0.1, 0.15) is 6.04 Å². The van der Waals surface area contributed by atoms with Crippen LogP contribution in [0.1, 0.15) is 25.8 Å². The Labute approximate surface area is 136 Å². The lowest BCUT2D eigenvalue weighted by Gasteiger charge is -2.28. The molecule has 1 aromatic heterocycles. The lowest BCUT2D eigenvalue weighted by molar-refractivity contribution is -0.143. The van der Waals surface area contributed by atoms with Crippen LogP contribution in [0.4, 0.5) is 0 Å². The number of amides is 2. The van der Waals surface area contributed by atoms with Crippen LogP contribution in [0.5, 0.6) is 0 Å². The van der Waals surface area contributed by atoms with E-state index in [9.17, 15) is 9.59 Å². The van der Waals surface area contributed by atoms with Crippen molar-refractivity contribution < 1.29 is 9.59 Å². The van der Waals surface area contributed by atoms with Gasteiger partial charge in [0.2, 0.25) is 11.8 Å². The summed E-state index contributed by atoms with van der Waals surface area (Å²) in [6.45, 7) is 5.32. The summed E-state index contributed by atoms with van der Waals surface area (Å²) in [6, 6.07) is 3.55. The lowest BCUT2D eigenvalue weighted by atomic mass is 10.1. The van der Waals surface area contributed by atoms with E-state index in [1.54, 1.807) is 34.0 Å². The maximum absolute atomic E-state index is 12.5. The molecule has 2 rings (SSSR count). The van der Waals surface area contributed by atoms with E-state index in [-0.39, 0.29) is 17.9 Å². The largest absolute Gasteiger partial charge is 0.341 e. The molecule has 1 atom stereocenters. The molecule has 1 fully saturated rings. The zero-order valence-electron chi connectivity index (χ0n) is 13.2. The van der Waals surface area contributed by atoms with Gasteiger partial charge in [-0.05, 0) is 38.0 Å². The molecule has 2 heterocycles. The van der Waals surface area contributed by atoms with Crippen molar-refractivity contribution in [3.05, 3.63) is 30.1 Å². The van der Waals surface area contributed by atoms with Crippen molar-refractivity contribution in [3.63, 3.8) is 0 Å². The van der Waals surface area contributed by atoms with Crippen LogP contribution in [0, 0.1) is 0 Å². The summed E-state index contributed by atoms with van der Waals surface area (Å²) in [5.74, 6) is 1.46. The predicted octanol–water partition coefficient (Wildman–Crippen LogP) is 1.78. The van der Waals surface area contributed by atoms with Gasteiger partial charge >= 0.3 is 0 Å². The van der Waals surface area contributed by atoms with Crippen LogP contribution in [-0.2, 0) is 16.0 Å². The molecule has 6 heteroatoms. The maximum Gasteiger partial charge on any atom is 0.246 e. The number of rotatable bonds is 6. The second-order valence-electron chi connectivity index (χ2n) is 5.25. The van der Waals surface area contributed by atoms with Crippen molar-refractivity contribution in [2.24, 2.45) is 0 Å². The molecule has 0 N–H and O–H groups in total. The lowest BCUT2D eigenvalue weighted by Crippen LogP contribution is -2.49. The number of aromatic nitrogens is 1. The third-order valence-electron chi connectivity index (χ3n) is 3.94. The van der Waals surface area contributed by atoms with E-state index >= 15 is 0 Å². The predicted molar refractivity (Wildman–Crippen MR) is 88.4 cm³/mol. The van der Waals surface area contributed by atoms with Crippen molar-refractivity contribution in [1.29, 1.82) is 0 Å². The minimum Gasteiger partial charge on any atom is -0.341 e. The number of likely N-dealkylation sites (N-methyl/N-ethyl adjacent to an activating group) is 1. The van der Waals surface area contributed by atoms with Gasteiger partial charge in [0.05, 0.1) is 5.88 Å². The zero-order valence-corrected chi connectivity index (χ0v) is 14.0. The number of carbonyl (C=O) groups is 2. The molecule has 0 aliphatic carbocycles. The average Bonchev–Trinajstić information content (AvgIpc) is 3.04. The van der Waals surface area contributed by atoms with Crippen LogP contribution < -0.4 is 0 Å². The summed E-state index contributed by atoms with van der Waals surface area (Å²) < 4.78 is 0. The molecule has 0 bridgehead atoms. The second kappa shape index (κ2) is 8.17. The highest BCUT2D eigenvalue weighted by Crippen LogP contribution is 2.23. The summed E-state index contributed by atoms with van der Waals surface area (Å²) in [4.78, 5) is 32.5. The molecule has 2 amide bonds. The Morgan fingerprint density at radius 2 is 2.00 bits per heavy atom. The molecule has 0 spiro atoms. The Morgan fingerprint density at radius 3 is 2.64 bits per heavy atom. The summed E-state index contributed by atoms with van der Waals surface area (Å²) in [5, 5.41) is 0. The van der Waals surface area contributed by atoms with Gasteiger partial charge in [-0.1, -0.05) is 0 Å². The minimum absolute atomic E-state index is 0.0623. The number of hydrogen-bond acceptors (Lipinski definition) is 4. The Bertz CT molecular complexity index is 505. The molecule has 1 aliphatic heterocycles. The zero-order chi connectivity index (χ0) is 15.9. The Balaban J connectivity index is 1.94. The van der Waals surface area contributed by atoms with Gasteiger partial charge in [-0.2, -0.15) is 0 Å². The summed E-state index contributed by atoms with van der Waals surface area (Å²) in [7, 11) is 0. The SMILES string of the molecule is CCN(CC)C(=O)C1CSCN1C(=O)CCc1ccncc1. The van der Waals surface area contributed by atoms with E-state index in [1.165, 1.54) is 0 Å². The van der Waals surface area contributed by atoms with Crippen molar-refractivity contribution in [2.75, 3.05) is 24.7 Å².